The van der Waals surface area contributed by atoms with Crippen molar-refractivity contribution in [3.8, 4) is 0 Å². The second kappa shape index (κ2) is 3.86. The van der Waals surface area contributed by atoms with Crippen LogP contribution in [0, 0.1) is 11.3 Å². The number of hydrogen-bond acceptors (Lipinski definition) is 1. The van der Waals surface area contributed by atoms with E-state index >= 15 is 0 Å². The van der Waals surface area contributed by atoms with Crippen molar-refractivity contribution in [3.05, 3.63) is 10.6 Å². The number of ketones is 1. The van der Waals surface area contributed by atoms with E-state index in [1.807, 2.05) is 0 Å². The molecule has 0 aromatic rings. The van der Waals surface area contributed by atoms with Crippen LogP contribution < -0.4 is 0 Å². The van der Waals surface area contributed by atoms with E-state index in [-0.39, 0.29) is 11.3 Å². The summed E-state index contributed by atoms with van der Waals surface area (Å²) in [6, 6.07) is 0. The molecular formula is C11H14Cl2O. The fourth-order valence-corrected chi connectivity index (χ4v) is 2.95. The van der Waals surface area contributed by atoms with Crippen molar-refractivity contribution in [2.45, 2.75) is 38.5 Å². The first-order valence-electron chi connectivity index (χ1n) is 5.17. The Bertz CT molecular complexity index is 279. The molecule has 3 heteroatoms. The highest BCUT2D eigenvalue weighted by Crippen LogP contribution is 2.51. The SMILES string of the molecule is O=C1CC(/C(Cl)=C/Cl)CCC12CCC2. The van der Waals surface area contributed by atoms with Crippen molar-refractivity contribution in [2.75, 3.05) is 0 Å². The molecule has 0 aliphatic heterocycles. The summed E-state index contributed by atoms with van der Waals surface area (Å²) in [5.74, 6) is 0.601. The molecule has 2 saturated carbocycles. The summed E-state index contributed by atoms with van der Waals surface area (Å²) in [7, 11) is 0. The van der Waals surface area contributed by atoms with Crippen molar-refractivity contribution < 1.29 is 4.79 Å². The zero-order valence-electron chi connectivity index (χ0n) is 8.06. The molecule has 1 unspecified atom stereocenters. The van der Waals surface area contributed by atoms with E-state index < -0.39 is 0 Å². The quantitative estimate of drug-likeness (QED) is 0.672. The molecular weight excluding hydrogens is 219 g/mol. The first kappa shape index (κ1) is 10.5. The van der Waals surface area contributed by atoms with Gasteiger partial charge in [0.1, 0.15) is 5.78 Å². The summed E-state index contributed by atoms with van der Waals surface area (Å²) in [5, 5.41) is 0.647. The van der Waals surface area contributed by atoms with E-state index in [9.17, 15) is 4.79 Å². The Balaban J connectivity index is 2.03. The minimum Gasteiger partial charge on any atom is -0.299 e. The fourth-order valence-electron chi connectivity index (χ4n) is 2.59. The molecule has 0 saturated heterocycles. The normalized spacial score (nSPS) is 31.7. The van der Waals surface area contributed by atoms with Gasteiger partial charge in [-0.3, -0.25) is 4.79 Å². The summed E-state index contributed by atoms with van der Waals surface area (Å²) in [6.07, 6.45) is 6.05. The molecule has 0 amide bonds. The Morgan fingerprint density at radius 2 is 2.14 bits per heavy atom. The van der Waals surface area contributed by atoms with Crippen molar-refractivity contribution in [1.82, 2.24) is 0 Å². The van der Waals surface area contributed by atoms with Crippen LogP contribution in [0.1, 0.15) is 38.5 Å². The van der Waals surface area contributed by atoms with Crippen LogP contribution in [0.25, 0.3) is 0 Å². The molecule has 0 aromatic heterocycles. The largest absolute Gasteiger partial charge is 0.299 e. The lowest BCUT2D eigenvalue weighted by Crippen LogP contribution is -2.42. The summed E-state index contributed by atoms with van der Waals surface area (Å²) in [4.78, 5) is 11.9. The molecule has 1 spiro atoms. The van der Waals surface area contributed by atoms with Crippen LogP contribution in [0.5, 0.6) is 0 Å². The summed E-state index contributed by atoms with van der Waals surface area (Å²) in [6.45, 7) is 0. The van der Waals surface area contributed by atoms with Gasteiger partial charge in [0.2, 0.25) is 0 Å². The lowest BCUT2D eigenvalue weighted by molar-refractivity contribution is -0.138. The molecule has 78 valence electrons. The maximum absolute atomic E-state index is 11.9. The first-order chi connectivity index (χ1) is 6.68. The molecule has 2 fully saturated rings. The molecule has 2 rings (SSSR count). The number of carbonyl (C=O) groups is 1. The lowest BCUT2D eigenvalue weighted by Gasteiger charge is -2.45. The Morgan fingerprint density at radius 3 is 2.57 bits per heavy atom. The minimum absolute atomic E-state index is 0.0555. The van der Waals surface area contributed by atoms with Crippen LogP contribution in [0.15, 0.2) is 10.6 Å². The molecule has 2 aliphatic carbocycles. The van der Waals surface area contributed by atoms with Crippen LogP contribution in [0.3, 0.4) is 0 Å². The van der Waals surface area contributed by atoms with Gasteiger partial charge in [-0.2, -0.15) is 0 Å². The third-order valence-corrected chi connectivity index (χ3v) is 4.56. The Labute approximate surface area is 94.5 Å². The number of hydrogen-bond donors (Lipinski definition) is 0. The monoisotopic (exact) mass is 232 g/mol. The van der Waals surface area contributed by atoms with Gasteiger partial charge in [0, 0.05) is 28.3 Å². The zero-order valence-corrected chi connectivity index (χ0v) is 9.57. The van der Waals surface area contributed by atoms with E-state index in [0.717, 1.165) is 25.7 Å². The van der Waals surface area contributed by atoms with E-state index in [0.29, 0.717) is 17.2 Å². The fraction of sp³-hybridized carbons (Fsp3) is 0.727. The van der Waals surface area contributed by atoms with Crippen LogP contribution in [0.2, 0.25) is 0 Å². The second-order valence-electron chi connectivity index (χ2n) is 4.49. The Morgan fingerprint density at radius 1 is 1.43 bits per heavy atom. The van der Waals surface area contributed by atoms with Gasteiger partial charge < -0.3 is 0 Å². The standard InChI is InChI=1S/C11H14Cl2O/c12-7-9(13)8-2-5-11(3-1-4-11)10(14)6-8/h7-8H,1-6H2/b9-7-. The molecule has 0 bridgehead atoms. The van der Waals surface area contributed by atoms with Gasteiger partial charge in [-0.25, -0.2) is 0 Å². The third kappa shape index (κ3) is 1.61. The highest BCUT2D eigenvalue weighted by Gasteiger charge is 2.47. The van der Waals surface area contributed by atoms with Crippen molar-refractivity contribution in [1.29, 1.82) is 0 Å². The molecule has 0 heterocycles. The van der Waals surface area contributed by atoms with Crippen LogP contribution >= 0.6 is 23.2 Å². The number of allylic oxidation sites excluding steroid dienone is 1. The first-order valence-corrected chi connectivity index (χ1v) is 5.98. The third-order valence-electron chi connectivity index (χ3n) is 3.80. The topological polar surface area (TPSA) is 17.1 Å². The summed E-state index contributed by atoms with van der Waals surface area (Å²) in [5.41, 5.74) is 1.46. The van der Waals surface area contributed by atoms with Gasteiger partial charge >= 0.3 is 0 Å². The van der Waals surface area contributed by atoms with Crippen LogP contribution in [-0.4, -0.2) is 5.78 Å². The second-order valence-corrected chi connectivity index (χ2v) is 5.15. The van der Waals surface area contributed by atoms with Crippen molar-refractivity contribution >= 4 is 29.0 Å². The average Bonchev–Trinajstić information content (AvgIpc) is 2.14. The molecule has 14 heavy (non-hydrogen) atoms. The summed E-state index contributed by atoms with van der Waals surface area (Å²) < 4.78 is 0. The van der Waals surface area contributed by atoms with Gasteiger partial charge in [0.15, 0.2) is 0 Å². The predicted octanol–water partition coefficient (Wildman–Crippen LogP) is 3.84. The van der Waals surface area contributed by atoms with Gasteiger partial charge in [0.05, 0.1) is 0 Å². The van der Waals surface area contributed by atoms with Gasteiger partial charge in [-0.05, 0) is 25.7 Å². The van der Waals surface area contributed by atoms with Gasteiger partial charge in [-0.1, -0.05) is 29.6 Å². The molecule has 1 nitrogen and oxygen atoms in total. The maximum Gasteiger partial charge on any atom is 0.139 e. The van der Waals surface area contributed by atoms with E-state index in [1.54, 1.807) is 0 Å². The summed E-state index contributed by atoms with van der Waals surface area (Å²) >= 11 is 11.5. The number of rotatable bonds is 1. The van der Waals surface area contributed by atoms with E-state index in [1.165, 1.54) is 12.0 Å². The van der Waals surface area contributed by atoms with Crippen molar-refractivity contribution in [3.63, 3.8) is 0 Å². The zero-order chi connectivity index (χ0) is 10.2. The number of carbonyl (C=O) groups excluding carboxylic acids is 1. The van der Waals surface area contributed by atoms with E-state index in [2.05, 4.69) is 0 Å². The van der Waals surface area contributed by atoms with E-state index in [4.69, 9.17) is 23.2 Å². The molecule has 0 N–H and O–H groups in total. The lowest BCUT2D eigenvalue weighted by atomic mass is 9.58. The molecule has 2 aliphatic rings. The van der Waals surface area contributed by atoms with Crippen molar-refractivity contribution in [2.24, 2.45) is 11.3 Å². The molecule has 0 radical (unpaired) electrons. The Hall–Kier alpha value is -0.0100. The van der Waals surface area contributed by atoms with Crippen LogP contribution in [0.4, 0.5) is 0 Å². The molecule has 1 atom stereocenters. The highest BCUT2D eigenvalue weighted by molar-refractivity contribution is 6.36. The predicted molar refractivity (Wildman–Crippen MR) is 58.4 cm³/mol. The molecule has 0 aromatic carbocycles. The van der Waals surface area contributed by atoms with Crippen LogP contribution in [-0.2, 0) is 4.79 Å². The average molecular weight is 233 g/mol. The smallest absolute Gasteiger partial charge is 0.139 e. The van der Waals surface area contributed by atoms with Gasteiger partial charge in [-0.15, -0.1) is 0 Å². The number of halogens is 2. The minimum atomic E-state index is 0.0555. The highest BCUT2D eigenvalue weighted by atomic mass is 35.5. The number of Topliss-reactive ketones (excluding diaryl/α,β-unsaturated/α-hetero) is 1. The van der Waals surface area contributed by atoms with Gasteiger partial charge in [0.25, 0.3) is 0 Å². The Kier molecular flexibility index (Phi) is 2.90. The maximum atomic E-state index is 11.9.